The van der Waals surface area contributed by atoms with Crippen molar-refractivity contribution in [3.05, 3.63) is 17.8 Å². The monoisotopic (exact) mass is 233 g/mol. The van der Waals surface area contributed by atoms with Crippen molar-refractivity contribution in [3.63, 3.8) is 0 Å². The van der Waals surface area contributed by atoms with E-state index in [1.54, 1.807) is 12.3 Å². The number of nitrogens with one attached hydrogen (secondary N) is 1. The van der Waals surface area contributed by atoms with Crippen molar-refractivity contribution in [2.75, 3.05) is 11.4 Å². The Morgan fingerprint density at radius 1 is 1.59 bits per heavy atom. The first-order valence-electron chi connectivity index (χ1n) is 6.02. The van der Waals surface area contributed by atoms with Crippen molar-refractivity contribution < 1.29 is 0 Å². The molecule has 0 radical (unpaired) electrons. The number of nitrogen functional groups attached to an aromatic ring is 1. The molecular weight excluding hydrogens is 214 g/mol. The molecule has 0 spiro atoms. The highest BCUT2D eigenvalue weighted by Crippen LogP contribution is 2.32. The van der Waals surface area contributed by atoms with Gasteiger partial charge in [0, 0.05) is 12.6 Å². The van der Waals surface area contributed by atoms with Gasteiger partial charge in [0.2, 0.25) is 0 Å². The first-order chi connectivity index (χ1) is 8.09. The molecule has 1 fully saturated rings. The van der Waals surface area contributed by atoms with E-state index in [1.165, 1.54) is 12.8 Å². The number of amidine groups is 1. The molecule has 17 heavy (non-hydrogen) atoms. The Hall–Kier alpha value is -1.65. The summed E-state index contributed by atoms with van der Waals surface area (Å²) in [6.07, 6.45) is 4.16. The number of nitrogens with two attached hydrogens (primary N) is 1. The lowest BCUT2D eigenvalue weighted by atomic mass is 10.2. The van der Waals surface area contributed by atoms with Gasteiger partial charge in [-0.25, -0.2) is 0 Å². The summed E-state index contributed by atoms with van der Waals surface area (Å²) in [5.74, 6) is 1.55. The molecule has 2 rings (SSSR count). The third-order valence-electron chi connectivity index (χ3n) is 3.04. The van der Waals surface area contributed by atoms with Crippen molar-refractivity contribution in [1.29, 1.82) is 5.41 Å². The zero-order valence-corrected chi connectivity index (χ0v) is 10.3. The number of rotatable bonds is 5. The van der Waals surface area contributed by atoms with E-state index in [4.69, 9.17) is 11.1 Å². The molecule has 1 heterocycles. The molecule has 0 saturated heterocycles. The fourth-order valence-corrected chi connectivity index (χ4v) is 1.87. The Bertz CT molecular complexity index is 411. The zero-order valence-electron chi connectivity index (χ0n) is 10.3. The maximum Gasteiger partial charge on any atom is 0.162 e. The van der Waals surface area contributed by atoms with Crippen LogP contribution in [0, 0.1) is 11.3 Å². The minimum absolute atomic E-state index is 0.0522. The van der Waals surface area contributed by atoms with E-state index in [0.29, 0.717) is 11.6 Å². The van der Waals surface area contributed by atoms with Gasteiger partial charge in [0.25, 0.3) is 0 Å². The largest absolute Gasteiger partial charge is 0.384 e. The van der Waals surface area contributed by atoms with Gasteiger partial charge in [-0.3, -0.25) is 5.41 Å². The molecule has 5 nitrogen and oxygen atoms in total. The average Bonchev–Trinajstić information content (AvgIpc) is 3.09. The van der Waals surface area contributed by atoms with Gasteiger partial charge in [-0.2, -0.15) is 5.10 Å². The van der Waals surface area contributed by atoms with Gasteiger partial charge in [-0.1, -0.05) is 0 Å². The van der Waals surface area contributed by atoms with Crippen molar-refractivity contribution in [2.24, 2.45) is 11.7 Å². The van der Waals surface area contributed by atoms with Crippen molar-refractivity contribution in [3.8, 4) is 0 Å². The average molecular weight is 233 g/mol. The second kappa shape index (κ2) is 4.69. The molecule has 0 aromatic carbocycles. The van der Waals surface area contributed by atoms with Crippen LogP contribution in [0.25, 0.3) is 0 Å². The maximum absolute atomic E-state index is 7.59. The number of hydrogen-bond donors (Lipinski definition) is 2. The van der Waals surface area contributed by atoms with E-state index in [1.807, 2.05) is 0 Å². The molecule has 1 aromatic heterocycles. The highest BCUT2D eigenvalue weighted by Gasteiger charge is 2.27. The third-order valence-corrected chi connectivity index (χ3v) is 3.04. The molecule has 3 N–H and O–H groups in total. The van der Waals surface area contributed by atoms with Crippen molar-refractivity contribution in [2.45, 2.75) is 32.7 Å². The molecule has 0 amide bonds. The van der Waals surface area contributed by atoms with E-state index in [2.05, 4.69) is 28.9 Å². The minimum Gasteiger partial charge on any atom is -0.384 e. The van der Waals surface area contributed by atoms with E-state index in [0.717, 1.165) is 18.3 Å². The Morgan fingerprint density at radius 3 is 2.82 bits per heavy atom. The second-order valence-corrected chi connectivity index (χ2v) is 4.87. The molecule has 0 unspecified atom stereocenters. The lowest BCUT2D eigenvalue weighted by molar-refractivity contribution is 0.631. The smallest absolute Gasteiger partial charge is 0.162 e. The number of hydrogen-bond acceptors (Lipinski definition) is 4. The number of nitrogens with zero attached hydrogens (tertiary/aromatic N) is 3. The highest BCUT2D eigenvalue weighted by atomic mass is 15.3. The Kier molecular flexibility index (Phi) is 3.26. The van der Waals surface area contributed by atoms with Gasteiger partial charge in [0.1, 0.15) is 5.84 Å². The van der Waals surface area contributed by atoms with Gasteiger partial charge in [0.15, 0.2) is 5.82 Å². The van der Waals surface area contributed by atoms with Crippen LogP contribution < -0.4 is 10.6 Å². The molecule has 92 valence electrons. The summed E-state index contributed by atoms with van der Waals surface area (Å²) in [5, 5.41) is 15.7. The molecule has 0 aliphatic heterocycles. The van der Waals surface area contributed by atoms with Crippen LogP contribution >= 0.6 is 0 Å². The summed E-state index contributed by atoms with van der Waals surface area (Å²) in [5.41, 5.74) is 6.26. The predicted octanol–water partition coefficient (Wildman–Crippen LogP) is 1.39. The van der Waals surface area contributed by atoms with Crippen molar-refractivity contribution >= 4 is 11.7 Å². The second-order valence-electron chi connectivity index (χ2n) is 4.87. The molecule has 5 heteroatoms. The van der Waals surface area contributed by atoms with E-state index in [9.17, 15) is 0 Å². The standard InChI is InChI=1S/C12H19N5/c1-8(2)17(7-9-3-4-9)12-10(11(13)14)5-6-15-16-12/h5-6,8-9H,3-4,7H2,1-2H3,(H3,13,14). The predicted molar refractivity (Wildman–Crippen MR) is 68.3 cm³/mol. The van der Waals surface area contributed by atoms with Crippen LogP contribution in [0.1, 0.15) is 32.3 Å². The third kappa shape index (κ3) is 2.72. The van der Waals surface area contributed by atoms with Crippen LogP contribution in [0.3, 0.4) is 0 Å². The van der Waals surface area contributed by atoms with Crippen LogP contribution in [-0.4, -0.2) is 28.6 Å². The van der Waals surface area contributed by atoms with Gasteiger partial charge in [0.05, 0.1) is 11.8 Å². The Labute approximate surface area is 102 Å². The quantitative estimate of drug-likeness (QED) is 0.595. The number of aromatic nitrogens is 2. The van der Waals surface area contributed by atoms with Gasteiger partial charge < -0.3 is 10.6 Å². The first-order valence-corrected chi connectivity index (χ1v) is 6.02. The minimum atomic E-state index is 0.0522. The van der Waals surface area contributed by atoms with Crippen LogP contribution in [0.5, 0.6) is 0 Å². The zero-order chi connectivity index (χ0) is 12.4. The molecule has 1 saturated carbocycles. The van der Waals surface area contributed by atoms with Crippen LogP contribution in [-0.2, 0) is 0 Å². The van der Waals surface area contributed by atoms with E-state index < -0.39 is 0 Å². The Morgan fingerprint density at radius 2 is 2.29 bits per heavy atom. The molecule has 1 aliphatic rings. The highest BCUT2D eigenvalue weighted by molar-refractivity contribution is 5.99. The van der Waals surface area contributed by atoms with Crippen molar-refractivity contribution in [1.82, 2.24) is 10.2 Å². The van der Waals surface area contributed by atoms with E-state index >= 15 is 0 Å². The summed E-state index contributed by atoms with van der Waals surface area (Å²) in [4.78, 5) is 2.20. The molecule has 1 aromatic rings. The summed E-state index contributed by atoms with van der Waals surface area (Å²) in [7, 11) is 0. The van der Waals surface area contributed by atoms with Gasteiger partial charge >= 0.3 is 0 Å². The van der Waals surface area contributed by atoms with Crippen LogP contribution in [0.15, 0.2) is 12.3 Å². The first kappa shape index (κ1) is 11.8. The lowest BCUT2D eigenvalue weighted by Gasteiger charge is -2.28. The fraction of sp³-hybridized carbons (Fsp3) is 0.583. The molecular formula is C12H19N5. The molecule has 1 aliphatic carbocycles. The van der Waals surface area contributed by atoms with Gasteiger partial charge in [-0.15, -0.1) is 5.10 Å². The Balaban J connectivity index is 2.30. The summed E-state index contributed by atoms with van der Waals surface area (Å²) >= 11 is 0. The maximum atomic E-state index is 7.59. The van der Waals surface area contributed by atoms with Gasteiger partial charge in [-0.05, 0) is 38.7 Å². The van der Waals surface area contributed by atoms with Crippen LogP contribution in [0.2, 0.25) is 0 Å². The van der Waals surface area contributed by atoms with E-state index in [-0.39, 0.29) is 5.84 Å². The SMILES string of the molecule is CC(C)N(CC1CC1)c1nnccc1C(=N)N. The summed E-state index contributed by atoms with van der Waals surface area (Å²) in [6, 6.07) is 2.10. The molecule has 0 atom stereocenters. The lowest BCUT2D eigenvalue weighted by Crippen LogP contribution is -2.35. The normalized spacial score (nSPS) is 15.0. The molecule has 0 bridgehead atoms. The summed E-state index contributed by atoms with van der Waals surface area (Å²) in [6.45, 7) is 5.23. The fourth-order valence-electron chi connectivity index (χ4n) is 1.87. The number of anilines is 1. The van der Waals surface area contributed by atoms with Crippen LogP contribution in [0.4, 0.5) is 5.82 Å². The summed E-state index contributed by atoms with van der Waals surface area (Å²) < 4.78 is 0. The topological polar surface area (TPSA) is 78.9 Å².